The minimum absolute atomic E-state index is 0.000939. The Bertz CT molecular complexity index is 305. The van der Waals surface area contributed by atoms with Crippen molar-refractivity contribution in [2.24, 2.45) is 0 Å². The molecule has 1 amide bonds. The molecule has 0 aliphatic rings. The van der Waals surface area contributed by atoms with Crippen LogP contribution in [0, 0.1) is 10.1 Å². The smallest absolute Gasteiger partial charge is 0.220 e. The number of amides is 1. The quantitative estimate of drug-likeness (QED) is 0.291. The second-order valence-corrected chi connectivity index (χ2v) is 4.18. The van der Waals surface area contributed by atoms with Crippen molar-refractivity contribution >= 4 is 5.91 Å². The van der Waals surface area contributed by atoms with Gasteiger partial charge in [-0.2, -0.15) is 0 Å². The molecule has 0 aromatic carbocycles. The first-order valence-electron chi connectivity index (χ1n) is 6.52. The van der Waals surface area contributed by atoms with Crippen LogP contribution in [0.25, 0.3) is 0 Å². The van der Waals surface area contributed by atoms with E-state index < -0.39 is 0 Å². The van der Waals surface area contributed by atoms with Crippen molar-refractivity contribution in [1.82, 2.24) is 16.0 Å². The molecule has 0 aromatic heterocycles. The standard InChI is InChI=1S/C12H24N4O3/c1-13-10-11(14-2)7-8-15-12(17)6-4-3-5-9-16(18)19/h10,13-14H,3-9H2,1-2H3,(H,15,17)/b11-10-. The van der Waals surface area contributed by atoms with E-state index in [0.29, 0.717) is 25.8 Å². The van der Waals surface area contributed by atoms with Crippen LogP contribution in [0.5, 0.6) is 0 Å². The van der Waals surface area contributed by atoms with E-state index in [1.54, 1.807) is 0 Å². The van der Waals surface area contributed by atoms with Crippen LogP contribution in [0.15, 0.2) is 11.9 Å². The molecule has 7 heteroatoms. The number of carbonyl (C=O) groups is 1. The third-order valence-electron chi connectivity index (χ3n) is 2.60. The normalized spacial score (nSPS) is 10.9. The molecule has 0 saturated heterocycles. The summed E-state index contributed by atoms with van der Waals surface area (Å²) in [6.07, 6.45) is 4.98. The number of unbranched alkanes of at least 4 members (excludes halogenated alkanes) is 2. The summed E-state index contributed by atoms with van der Waals surface area (Å²) in [6.45, 7) is 0.573. The summed E-state index contributed by atoms with van der Waals surface area (Å²) in [5, 5.41) is 18.9. The predicted octanol–water partition coefficient (Wildman–Crippen LogP) is 0.610. The Labute approximate surface area is 114 Å². The maximum atomic E-state index is 11.5. The third-order valence-corrected chi connectivity index (χ3v) is 2.60. The molecule has 0 aromatic rings. The average molecular weight is 272 g/mol. The van der Waals surface area contributed by atoms with Gasteiger partial charge in [0.15, 0.2) is 0 Å². The highest BCUT2D eigenvalue weighted by Crippen LogP contribution is 2.00. The SMILES string of the molecule is CN/C=C(/CCNC(=O)CCCCC[N+](=O)[O-])NC. The zero-order valence-electron chi connectivity index (χ0n) is 11.7. The predicted molar refractivity (Wildman–Crippen MR) is 74.2 cm³/mol. The topological polar surface area (TPSA) is 96.3 Å². The second-order valence-electron chi connectivity index (χ2n) is 4.18. The van der Waals surface area contributed by atoms with Gasteiger partial charge in [0, 0.05) is 56.7 Å². The molecule has 0 atom stereocenters. The van der Waals surface area contributed by atoms with Crippen molar-refractivity contribution in [2.45, 2.75) is 32.1 Å². The summed E-state index contributed by atoms with van der Waals surface area (Å²) >= 11 is 0. The second kappa shape index (κ2) is 11.3. The van der Waals surface area contributed by atoms with Crippen molar-refractivity contribution in [2.75, 3.05) is 27.2 Å². The monoisotopic (exact) mass is 272 g/mol. The number of nitrogens with one attached hydrogen (secondary N) is 3. The first kappa shape index (κ1) is 17.2. The van der Waals surface area contributed by atoms with Gasteiger partial charge >= 0.3 is 0 Å². The molecule has 110 valence electrons. The van der Waals surface area contributed by atoms with E-state index in [9.17, 15) is 14.9 Å². The van der Waals surface area contributed by atoms with E-state index in [0.717, 1.165) is 18.5 Å². The first-order chi connectivity index (χ1) is 9.10. The molecule has 0 aliphatic heterocycles. The minimum atomic E-state index is -0.326. The maximum absolute atomic E-state index is 11.5. The molecule has 0 spiro atoms. The lowest BCUT2D eigenvalue weighted by Crippen LogP contribution is -2.26. The Morgan fingerprint density at radius 3 is 2.53 bits per heavy atom. The lowest BCUT2D eigenvalue weighted by atomic mass is 10.2. The summed E-state index contributed by atoms with van der Waals surface area (Å²) in [7, 11) is 3.65. The Balaban J connectivity index is 3.54. The van der Waals surface area contributed by atoms with Crippen molar-refractivity contribution < 1.29 is 9.72 Å². The molecule has 0 heterocycles. The number of hydrogen-bond donors (Lipinski definition) is 3. The van der Waals surface area contributed by atoms with Crippen LogP contribution in [-0.2, 0) is 4.79 Å². The lowest BCUT2D eigenvalue weighted by Gasteiger charge is -2.08. The van der Waals surface area contributed by atoms with Gasteiger partial charge in [0.1, 0.15) is 0 Å². The van der Waals surface area contributed by atoms with Crippen LogP contribution in [-0.4, -0.2) is 38.0 Å². The summed E-state index contributed by atoms with van der Waals surface area (Å²) in [4.78, 5) is 21.2. The van der Waals surface area contributed by atoms with Gasteiger partial charge in [-0.15, -0.1) is 0 Å². The van der Waals surface area contributed by atoms with E-state index in [1.807, 2.05) is 20.3 Å². The highest BCUT2D eigenvalue weighted by atomic mass is 16.6. The maximum Gasteiger partial charge on any atom is 0.220 e. The van der Waals surface area contributed by atoms with Gasteiger partial charge in [0.25, 0.3) is 0 Å². The summed E-state index contributed by atoms with van der Waals surface area (Å²) < 4.78 is 0. The molecule has 0 bridgehead atoms. The zero-order chi connectivity index (χ0) is 14.5. The van der Waals surface area contributed by atoms with Gasteiger partial charge in [-0.3, -0.25) is 14.9 Å². The largest absolute Gasteiger partial charge is 0.393 e. The molecule has 7 nitrogen and oxygen atoms in total. The summed E-state index contributed by atoms with van der Waals surface area (Å²) in [5.41, 5.74) is 1.02. The van der Waals surface area contributed by atoms with Crippen LogP contribution in [0.4, 0.5) is 0 Å². The molecule has 0 rings (SSSR count). The van der Waals surface area contributed by atoms with Crippen LogP contribution in [0.2, 0.25) is 0 Å². The van der Waals surface area contributed by atoms with E-state index in [2.05, 4.69) is 16.0 Å². The Morgan fingerprint density at radius 2 is 1.95 bits per heavy atom. The van der Waals surface area contributed by atoms with Gasteiger partial charge in [0.05, 0.1) is 0 Å². The number of rotatable bonds is 11. The number of carbonyl (C=O) groups excluding carboxylic acids is 1. The number of hydrogen-bond acceptors (Lipinski definition) is 5. The highest BCUT2D eigenvalue weighted by Gasteiger charge is 2.02. The van der Waals surface area contributed by atoms with Crippen molar-refractivity contribution in [1.29, 1.82) is 0 Å². The van der Waals surface area contributed by atoms with Crippen LogP contribution < -0.4 is 16.0 Å². The molecule has 3 N–H and O–H groups in total. The number of nitrogens with zero attached hydrogens (tertiary/aromatic N) is 1. The van der Waals surface area contributed by atoms with Gasteiger partial charge in [-0.25, -0.2) is 0 Å². The number of nitro groups is 1. The van der Waals surface area contributed by atoms with Gasteiger partial charge in [-0.1, -0.05) is 0 Å². The molecule has 0 saturated carbocycles. The van der Waals surface area contributed by atoms with Gasteiger partial charge in [0.2, 0.25) is 12.5 Å². The highest BCUT2D eigenvalue weighted by molar-refractivity contribution is 5.75. The third kappa shape index (κ3) is 11.1. The Hall–Kier alpha value is -1.79. The van der Waals surface area contributed by atoms with E-state index in [1.165, 1.54) is 0 Å². The van der Waals surface area contributed by atoms with Crippen LogP contribution in [0.3, 0.4) is 0 Å². The fourth-order valence-electron chi connectivity index (χ4n) is 1.57. The minimum Gasteiger partial charge on any atom is -0.393 e. The van der Waals surface area contributed by atoms with Crippen LogP contribution in [0.1, 0.15) is 32.1 Å². The van der Waals surface area contributed by atoms with E-state index in [-0.39, 0.29) is 17.4 Å². The molecule has 19 heavy (non-hydrogen) atoms. The summed E-state index contributed by atoms with van der Waals surface area (Å²) in [6, 6.07) is 0. The van der Waals surface area contributed by atoms with Crippen molar-refractivity contribution in [3.63, 3.8) is 0 Å². The molecule has 0 radical (unpaired) electrons. The molecular formula is C12H24N4O3. The molecular weight excluding hydrogens is 248 g/mol. The van der Waals surface area contributed by atoms with E-state index in [4.69, 9.17) is 0 Å². The van der Waals surface area contributed by atoms with Crippen molar-refractivity contribution in [3.05, 3.63) is 22.0 Å². The fraction of sp³-hybridized carbons (Fsp3) is 0.750. The first-order valence-corrected chi connectivity index (χ1v) is 6.52. The van der Waals surface area contributed by atoms with Crippen molar-refractivity contribution in [3.8, 4) is 0 Å². The zero-order valence-corrected chi connectivity index (χ0v) is 11.7. The van der Waals surface area contributed by atoms with Gasteiger partial charge in [-0.05, 0) is 12.8 Å². The van der Waals surface area contributed by atoms with Gasteiger partial charge < -0.3 is 16.0 Å². The fourth-order valence-corrected chi connectivity index (χ4v) is 1.57. The molecule has 0 aliphatic carbocycles. The molecule has 0 fully saturated rings. The lowest BCUT2D eigenvalue weighted by molar-refractivity contribution is -0.480. The Kier molecular flexibility index (Phi) is 10.2. The van der Waals surface area contributed by atoms with Crippen LogP contribution >= 0.6 is 0 Å². The molecule has 0 unspecified atom stereocenters. The summed E-state index contributed by atoms with van der Waals surface area (Å²) in [5.74, 6) is 0.000939. The Morgan fingerprint density at radius 1 is 1.21 bits per heavy atom. The van der Waals surface area contributed by atoms with E-state index >= 15 is 0 Å². The average Bonchev–Trinajstić information content (AvgIpc) is 2.37.